The van der Waals surface area contributed by atoms with E-state index in [4.69, 9.17) is 0 Å². The summed E-state index contributed by atoms with van der Waals surface area (Å²) in [6.07, 6.45) is 4.21. The lowest BCUT2D eigenvalue weighted by Crippen LogP contribution is -2.36. The molecule has 1 unspecified atom stereocenters. The zero-order valence-electron chi connectivity index (χ0n) is 6.92. The minimum Gasteiger partial charge on any atom is -0.281 e. The van der Waals surface area contributed by atoms with Gasteiger partial charge in [-0.15, -0.1) is 0 Å². The average Bonchev–Trinajstić information content (AvgIpc) is 2.07. The van der Waals surface area contributed by atoms with Crippen molar-refractivity contribution in [1.82, 2.24) is 4.90 Å². The molecule has 0 saturated carbocycles. The smallest absolute Gasteiger partial charge is 0.109 e. The molecule has 3 heteroatoms. The van der Waals surface area contributed by atoms with Crippen LogP contribution in [0.1, 0.15) is 26.2 Å². The highest BCUT2D eigenvalue weighted by atomic mass is 32.1. The first kappa shape index (κ1) is 8.85. The van der Waals surface area contributed by atoms with Gasteiger partial charge in [0.05, 0.1) is 5.16 Å². The Morgan fingerprint density at radius 1 is 1.36 bits per heavy atom. The van der Waals surface area contributed by atoms with Crippen molar-refractivity contribution in [1.29, 1.82) is 0 Å². The molecular formula is C8H14N2S. The van der Waals surface area contributed by atoms with Crippen LogP contribution in [0.15, 0.2) is 4.99 Å². The molecule has 0 bridgehead atoms. The van der Waals surface area contributed by atoms with Crippen molar-refractivity contribution >= 4 is 17.4 Å². The molecule has 1 rings (SSSR count). The fourth-order valence-electron chi connectivity index (χ4n) is 1.45. The second-order valence-corrected chi connectivity index (χ2v) is 3.13. The van der Waals surface area contributed by atoms with Crippen LogP contribution in [0.4, 0.5) is 0 Å². The number of rotatable bonds is 2. The Balaban J connectivity index is 2.38. The summed E-state index contributed by atoms with van der Waals surface area (Å²) in [5, 5.41) is 2.43. The molecule has 11 heavy (non-hydrogen) atoms. The molecule has 1 heterocycles. The molecule has 2 nitrogen and oxygen atoms in total. The molecule has 62 valence electrons. The Kier molecular flexibility index (Phi) is 3.70. The molecule has 1 aliphatic rings. The number of aliphatic imine (C=N–C) groups is 1. The van der Waals surface area contributed by atoms with Crippen LogP contribution in [-0.4, -0.2) is 29.3 Å². The van der Waals surface area contributed by atoms with Crippen molar-refractivity contribution in [3.05, 3.63) is 0 Å². The lowest BCUT2D eigenvalue weighted by Gasteiger charge is -2.28. The highest BCUT2D eigenvalue weighted by Gasteiger charge is 2.14. The van der Waals surface area contributed by atoms with Gasteiger partial charge in [0.15, 0.2) is 0 Å². The zero-order chi connectivity index (χ0) is 8.10. The number of thiocarbonyl (C=S) groups is 1. The van der Waals surface area contributed by atoms with E-state index in [1.807, 2.05) is 0 Å². The monoisotopic (exact) mass is 170 g/mol. The lowest BCUT2D eigenvalue weighted by molar-refractivity contribution is 0.179. The van der Waals surface area contributed by atoms with E-state index in [0.717, 1.165) is 0 Å². The SMILES string of the molecule is CC(N=C=S)N1CCCCC1. The first-order chi connectivity index (χ1) is 5.34. The van der Waals surface area contributed by atoms with Crippen LogP contribution in [0.3, 0.4) is 0 Å². The van der Waals surface area contributed by atoms with Crippen LogP contribution in [0.2, 0.25) is 0 Å². The van der Waals surface area contributed by atoms with Crippen molar-refractivity contribution in [2.45, 2.75) is 32.4 Å². The maximum Gasteiger partial charge on any atom is 0.109 e. The van der Waals surface area contributed by atoms with Gasteiger partial charge in [0.25, 0.3) is 0 Å². The minimum atomic E-state index is 0.243. The normalized spacial score (nSPS) is 22.3. The van der Waals surface area contributed by atoms with Crippen LogP contribution in [-0.2, 0) is 0 Å². The molecule has 1 aliphatic heterocycles. The first-order valence-corrected chi connectivity index (χ1v) is 4.56. The van der Waals surface area contributed by atoms with E-state index < -0.39 is 0 Å². The van der Waals surface area contributed by atoms with Crippen LogP contribution < -0.4 is 0 Å². The van der Waals surface area contributed by atoms with Gasteiger partial charge in [-0.25, -0.2) is 4.99 Å². The summed E-state index contributed by atoms with van der Waals surface area (Å²) in [5.41, 5.74) is 0. The third-order valence-electron chi connectivity index (χ3n) is 2.16. The van der Waals surface area contributed by atoms with E-state index in [1.54, 1.807) is 0 Å². The average molecular weight is 170 g/mol. The van der Waals surface area contributed by atoms with Crippen molar-refractivity contribution in [2.24, 2.45) is 4.99 Å². The molecule has 0 spiro atoms. The topological polar surface area (TPSA) is 15.6 Å². The number of hydrogen-bond donors (Lipinski definition) is 0. The van der Waals surface area contributed by atoms with Gasteiger partial charge in [0, 0.05) is 13.1 Å². The number of isothiocyanates is 1. The van der Waals surface area contributed by atoms with Crippen LogP contribution in [0, 0.1) is 0 Å². The fourth-order valence-corrected chi connectivity index (χ4v) is 1.60. The number of nitrogens with zero attached hydrogens (tertiary/aromatic N) is 2. The summed E-state index contributed by atoms with van der Waals surface area (Å²) >= 11 is 4.55. The summed E-state index contributed by atoms with van der Waals surface area (Å²) in [6, 6.07) is 0. The Hall–Kier alpha value is -0.240. The fraction of sp³-hybridized carbons (Fsp3) is 0.875. The predicted octanol–water partition coefficient (Wildman–Crippen LogP) is 1.92. The Morgan fingerprint density at radius 3 is 2.55 bits per heavy atom. The predicted molar refractivity (Wildman–Crippen MR) is 49.9 cm³/mol. The molecule has 1 fully saturated rings. The first-order valence-electron chi connectivity index (χ1n) is 4.15. The Morgan fingerprint density at radius 2 is 2.00 bits per heavy atom. The quantitative estimate of drug-likeness (QED) is 0.465. The molecule has 0 amide bonds. The van der Waals surface area contributed by atoms with Crippen LogP contribution in [0.25, 0.3) is 0 Å². The minimum absolute atomic E-state index is 0.243. The van der Waals surface area contributed by atoms with Crippen LogP contribution in [0.5, 0.6) is 0 Å². The molecular weight excluding hydrogens is 156 g/mol. The highest BCUT2D eigenvalue weighted by molar-refractivity contribution is 7.78. The van der Waals surface area contributed by atoms with Gasteiger partial charge in [-0.05, 0) is 32.0 Å². The van der Waals surface area contributed by atoms with E-state index in [-0.39, 0.29) is 6.17 Å². The maximum atomic E-state index is 4.55. The van der Waals surface area contributed by atoms with E-state index in [9.17, 15) is 0 Å². The summed E-state index contributed by atoms with van der Waals surface area (Å²) in [4.78, 5) is 6.39. The van der Waals surface area contributed by atoms with E-state index in [0.29, 0.717) is 0 Å². The molecule has 1 saturated heterocycles. The van der Waals surface area contributed by atoms with E-state index in [1.165, 1.54) is 32.4 Å². The summed E-state index contributed by atoms with van der Waals surface area (Å²) < 4.78 is 0. The molecule has 0 aliphatic carbocycles. The van der Waals surface area contributed by atoms with Crippen molar-refractivity contribution < 1.29 is 0 Å². The van der Waals surface area contributed by atoms with Gasteiger partial charge < -0.3 is 0 Å². The van der Waals surface area contributed by atoms with Crippen molar-refractivity contribution in [2.75, 3.05) is 13.1 Å². The molecule has 0 aromatic rings. The summed E-state index contributed by atoms with van der Waals surface area (Å²) in [7, 11) is 0. The largest absolute Gasteiger partial charge is 0.281 e. The maximum absolute atomic E-state index is 4.55. The molecule has 0 radical (unpaired) electrons. The van der Waals surface area contributed by atoms with E-state index >= 15 is 0 Å². The van der Waals surface area contributed by atoms with Crippen LogP contribution >= 0.6 is 12.2 Å². The van der Waals surface area contributed by atoms with Gasteiger partial charge in [-0.3, -0.25) is 4.90 Å². The number of piperidine rings is 1. The standard InChI is InChI=1S/C8H14N2S/c1-8(9-7-11)10-5-3-2-4-6-10/h8H,2-6H2,1H3. The van der Waals surface area contributed by atoms with Gasteiger partial charge in [-0.1, -0.05) is 6.42 Å². The van der Waals surface area contributed by atoms with Crippen molar-refractivity contribution in [3.63, 3.8) is 0 Å². The van der Waals surface area contributed by atoms with Gasteiger partial charge in [-0.2, -0.15) is 0 Å². The second-order valence-electron chi connectivity index (χ2n) is 2.95. The summed E-state index contributed by atoms with van der Waals surface area (Å²) in [5.74, 6) is 0. The van der Waals surface area contributed by atoms with Gasteiger partial charge in [0.2, 0.25) is 0 Å². The van der Waals surface area contributed by atoms with Gasteiger partial charge >= 0.3 is 0 Å². The highest BCUT2D eigenvalue weighted by Crippen LogP contribution is 2.11. The number of likely N-dealkylation sites (tertiary alicyclic amines) is 1. The number of hydrogen-bond acceptors (Lipinski definition) is 3. The summed E-state index contributed by atoms with van der Waals surface area (Å²) in [6.45, 7) is 4.41. The van der Waals surface area contributed by atoms with Crippen molar-refractivity contribution in [3.8, 4) is 0 Å². The molecule has 1 atom stereocenters. The molecule has 0 aromatic carbocycles. The van der Waals surface area contributed by atoms with Gasteiger partial charge in [0.1, 0.15) is 6.17 Å². The zero-order valence-corrected chi connectivity index (χ0v) is 7.73. The molecule has 0 aromatic heterocycles. The molecule has 0 N–H and O–H groups in total. The second kappa shape index (κ2) is 4.60. The van der Waals surface area contributed by atoms with E-state index in [2.05, 4.69) is 34.2 Å². The third-order valence-corrected chi connectivity index (χ3v) is 2.26. The Labute approximate surface area is 73.3 Å². The lowest BCUT2D eigenvalue weighted by atomic mass is 10.1. The Bertz CT molecular complexity index is 157. The third kappa shape index (κ3) is 2.70.